The summed E-state index contributed by atoms with van der Waals surface area (Å²) >= 11 is 0. The van der Waals surface area contributed by atoms with Crippen LogP contribution in [0, 0.1) is 6.92 Å². The van der Waals surface area contributed by atoms with E-state index in [1.807, 2.05) is 13.0 Å². The molecular weight excluding hydrogens is 308 g/mol. The summed E-state index contributed by atoms with van der Waals surface area (Å²) in [5, 5.41) is 4.19. The molecule has 1 fully saturated rings. The Morgan fingerprint density at radius 1 is 1.08 bits per heavy atom. The Bertz CT molecular complexity index is 851. The monoisotopic (exact) mass is 324 g/mol. The molecule has 0 spiro atoms. The highest BCUT2D eigenvalue weighted by molar-refractivity contribution is 5.91. The Hall–Kier alpha value is -3.10. The van der Waals surface area contributed by atoms with Crippen LogP contribution in [0.2, 0.25) is 0 Å². The highest BCUT2D eigenvalue weighted by Gasteiger charge is 2.25. The number of piperazine rings is 1. The highest BCUT2D eigenvalue weighted by atomic mass is 16.2. The molecule has 0 radical (unpaired) electrons. The second-order valence-corrected chi connectivity index (χ2v) is 5.54. The van der Waals surface area contributed by atoms with Gasteiger partial charge >= 0.3 is 0 Å². The van der Waals surface area contributed by atoms with Gasteiger partial charge in [-0.2, -0.15) is 4.98 Å². The standard InChI is InChI=1S/C15H16N8O/c1-11-16-5-3-12(18-11)21-7-9-22(10-8-21)14(24)13-19-15-17-4-2-6-23(15)20-13/h2-6H,7-10H2,1H3. The van der Waals surface area contributed by atoms with E-state index < -0.39 is 0 Å². The quantitative estimate of drug-likeness (QED) is 0.664. The summed E-state index contributed by atoms with van der Waals surface area (Å²) in [4.78, 5) is 33.3. The van der Waals surface area contributed by atoms with Gasteiger partial charge in [-0.3, -0.25) is 4.79 Å². The zero-order chi connectivity index (χ0) is 16.5. The van der Waals surface area contributed by atoms with Crippen molar-refractivity contribution in [2.75, 3.05) is 31.1 Å². The number of amides is 1. The summed E-state index contributed by atoms with van der Waals surface area (Å²) in [5.74, 6) is 2.08. The number of rotatable bonds is 2. The summed E-state index contributed by atoms with van der Waals surface area (Å²) < 4.78 is 1.51. The number of carbonyl (C=O) groups is 1. The fraction of sp³-hybridized carbons (Fsp3) is 0.333. The van der Waals surface area contributed by atoms with Crippen LogP contribution in [0.4, 0.5) is 5.82 Å². The molecule has 122 valence electrons. The number of hydrogen-bond acceptors (Lipinski definition) is 7. The van der Waals surface area contributed by atoms with E-state index in [1.165, 1.54) is 4.52 Å². The van der Waals surface area contributed by atoms with E-state index in [-0.39, 0.29) is 11.7 Å². The Labute approximate surface area is 138 Å². The summed E-state index contributed by atoms with van der Waals surface area (Å²) in [6.07, 6.45) is 5.10. The molecule has 0 N–H and O–H groups in total. The van der Waals surface area contributed by atoms with E-state index in [4.69, 9.17) is 0 Å². The maximum atomic E-state index is 12.6. The van der Waals surface area contributed by atoms with Gasteiger partial charge in [0.25, 0.3) is 11.7 Å². The third kappa shape index (κ3) is 2.64. The molecular formula is C15H16N8O. The highest BCUT2D eigenvalue weighted by Crippen LogP contribution is 2.14. The van der Waals surface area contributed by atoms with Crippen molar-refractivity contribution >= 4 is 17.5 Å². The Kier molecular flexibility index (Phi) is 3.52. The Balaban J connectivity index is 1.46. The molecule has 0 atom stereocenters. The molecule has 0 aromatic carbocycles. The van der Waals surface area contributed by atoms with Crippen LogP contribution in [0.3, 0.4) is 0 Å². The number of anilines is 1. The molecule has 0 bridgehead atoms. The van der Waals surface area contributed by atoms with Crippen LogP contribution in [0.1, 0.15) is 16.4 Å². The lowest BCUT2D eigenvalue weighted by molar-refractivity contribution is 0.0734. The Morgan fingerprint density at radius 3 is 2.67 bits per heavy atom. The van der Waals surface area contributed by atoms with Crippen molar-refractivity contribution < 1.29 is 4.79 Å². The average molecular weight is 324 g/mol. The van der Waals surface area contributed by atoms with Crippen LogP contribution in [0.5, 0.6) is 0 Å². The normalized spacial score (nSPS) is 15.0. The minimum atomic E-state index is -0.168. The van der Waals surface area contributed by atoms with Gasteiger partial charge in [0.1, 0.15) is 11.6 Å². The van der Waals surface area contributed by atoms with Gasteiger partial charge in [-0.1, -0.05) is 0 Å². The van der Waals surface area contributed by atoms with E-state index >= 15 is 0 Å². The number of aromatic nitrogens is 6. The van der Waals surface area contributed by atoms with E-state index in [9.17, 15) is 4.79 Å². The van der Waals surface area contributed by atoms with Crippen LogP contribution in [-0.2, 0) is 0 Å². The van der Waals surface area contributed by atoms with Gasteiger partial charge in [0.15, 0.2) is 0 Å². The minimum Gasteiger partial charge on any atom is -0.353 e. The predicted octanol–water partition coefficient (Wildman–Crippen LogP) is 0.185. The zero-order valence-corrected chi connectivity index (χ0v) is 13.2. The van der Waals surface area contributed by atoms with Crippen LogP contribution < -0.4 is 4.90 Å². The third-order valence-electron chi connectivity index (χ3n) is 3.96. The summed E-state index contributed by atoms with van der Waals surface area (Å²) in [6, 6.07) is 3.64. The van der Waals surface area contributed by atoms with Crippen molar-refractivity contribution in [2.45, 2.75) is 6.92 Å². The molecule has 0 unspecified atom stereocenters. The van der Waals surface area contributed by atoms with E-state index in [2.05, 4.69) is 29.9 Å². The van der Waals surface area contributed by atoms with Gasteiger partial charge in [-0.15, -0.1) is 5.10 Å². The lowest BCUT2D eigenvalue weighted by atomic mass is 10.3. The van der Waals surface area contributed by atoms with Crippen LogP contribution >= 0.6 is 0 Å². The van der Waals surface area contributed by atoms with Gasteiger partial charge < -0.3 is 9.80 Å². The third-order valence-corrected chi connectivity index (χ3v) is 3.96. The average Bonchev–Trinajstić information content (AvgIpc) is 3.05. The minimum absolute atomic E-state index is 0.168. The van der Waals surface area contributed by atoms with Crippen molar-refractivity contribution in [1.29, 1.82) is 0 Å². The Morgan fingerprint density at radius 2 is 1.92 bits per heavy atom. The first-order valence-electron chi connectivity index (χ1n) is 7.72. The lowest BCUT2D eigenvalue weighted by Crippen LogP contribution is -2.49. The molecule has 9 nitrogen and oxygen atoms in total. The van der Waals surface area contributed by atoms with Crippen molar-refractivity contribution in [3.05, 3.63) is 42.4 Å². The number of aryl methyl sites for hydroxylation is 1. The molecule has 4 heterocycles. The van der Waals surface area contributed by atoms with Crippen molar-refractivity contribution in [1.82, 2.24) is 34.4 Å². The van der Waals surface area contributed by atoms with Crippen molar-refractivity contribution in [3.8, 4) is 0 Å². The summed E-state index contributed by atoms with van der Waals surface area (Å²) in [7, 11) is 0. The zero-order valence-electron chi connectivity index (χ0n) is 13.2. The van der Waals surface area contributed by atoms with Crippen molar-refractivity contribution in [3.63, 3.8) is 0 Å². The van der Waals surface area contributed by atoms with Crippen LogP contribution in [0.15, 0.2) is 30.7 Å². The first kappa shape index (κ1) is 14.5. The van der Waals surface area contributed by atoms with Gasteiger partial charge in [0.05, 0.1) is 0 Å². The van der Waals surface area contributed by atoms with Gasteiger partial charge in [-0.25, -0.2) is 19.5 Å². The molecule has 3 aromatic heterocycles. The maximum absolute atomic E-state index is 12.6. The molecule has 0 aliphatic carbocycles. The van der Waals surface area contributed by atoms with Gasteiger partial charge in [0, 0.05) is 44.8 Å². The molecule has 1 saturated heterocycles. The largest absolute Gasteiger partial charge is 0.353 e. The van der Waals surface area contributed by atoms with Crippen molar-refractivity contribution in [2.24, 2.45) is 0 Å². The van der Waals surface area contributed by atoms with E-state index in [0.29, 0.717) is 32.0 Å². The molecule has 3 aromatic rings. The molecule has 24 heavy (non-hydrogen) atoms. The maximum Gasteiger partial charge on any atom is 0.293 e. The number of nitrogens with zero attached hydrogens (tertiary/aromatic N) is 8. The van der Waals surface area contributed by atoms with Gasteiger partial charge in [0.2, 0.25) is 5.82 Å². The summed E-state index contributed by atoms with van der Waals surface area (Å²) in [6.45, 7) is 4.50. The van der Waals surface area contributed by atoms with Crippen LogP contribution in [0.25, 0.3) is 5.78 Å². The number of fused-ring (bicyclic) bond motifs is 1. The fourth-order valence-electron chi connectivity index (χ4n) is 2.72. The second-order valence-electron chi connectivity index (χ2n) is 5.54. The first-order valence-corrected chi connectivity index (χ1v) is 7.72. The second kappa shape index (κ2) is 5.84. The smallest absolute Gasteiger partial charge is 0.293 e. The molecule has 1 amide bonds. The predicted molar refractivity (Wildman–Crippen MR) is 85.7 cm³/mol. The molecule has 1 aliphatic heterocycles. The molecule has 9 heteroatoms. The number of hydrogen-bond donors (Lipinski definition) is 0. The summed E-state index contributed by atoms with van der Waals surface area (Å²) in [5.41, 5.74) is 0. The molecule has 1 aliphatic rings. The topological polar surface area (TPSA) is 92.4 Å². The number of carbonyl (C=O) groups excluding carboxylic acids is 1. The lowest BCUT2D eigenvalue weighted by Gasteiger charge is -2.34. The fourth-order valence-corrected chi connectivity index (χ4v) is 2.72. The van der Waals surface area contributed by atoms with E-state index in [1.54, 1.807) is 29.6 Å². The van der Waals surface area contributed by atoms with E-state index in [0.717, 1.165) is 11.6 Å². The van der Waals surface area contributed by atoms with Gasteiger partial charge in [-0.05, 0) is 19.1 Å². The molecule has 4 rings (SSSR count). The van der Waals surface area contributed by atoms with Crippen LogP contribution in [-0.4, -0.2) is 66.5 Å². The first-order chi connectivity index (χ1) is 11.7. The molecule has 0 saturated carbocycles. The SMILES string of the molecule is Cc1nccc(N2CCN(C(=O)c3nc4ncccn4n3)CC2)n1.